The second kappa shape index (κ2) is 5.46. The van der Waals surface area contributed by atoms with Gasteiger partial charge in [-0.05, 0) is 55.7 Å². The zero-order chi connectivity index (χ0) is 15.0. The van der Waals surface area contributed by atoms with Gasteiger partial charge >= 0.3 is 0 Å². The highest BCUT2D eigenvalue weighted by molar-refractivity contribution is 9.10. The zero-order valence-corrected chi connectivity index (χ0v) is 14.1. The fraction of sp³-hybridized carbons (Fsp3) is 0.250. The Kier molecular flexibility index (Phi) is 3.80. The van der Waals surface area contributed by atoms with Gasteiger partial charge in [0.15, 0.2) is 0 Å². The summed E-state index contributed by atoms with van der Waals surface area (Å²) in [6.45, 7) is 1.96. The van der Waals surface area contributed by atoms with E-state index in [1.54, 1.807) is 28.6 Å². The van der Waals surface area contributed by atoms with Crippen LogP contribution >= 0.6 is 15.9 Å². The van der Waals surface area contributed by atoms with Crippen LogP contribution in [0.3, 0.4) is 0 Å². The summed E-state index contributed by atoms with van der Waals surface area (Å²) in [5, 5.41) is 0. The van der Waals surface area contributed by atoms with Crippen molar-refractivity contribution in [2.45, 2.75) is 30.7 Å². The number of nitrogens with zero attached hydrogens (tertiary/aromatic N) is 1. The molecule has 2 aromatic rings. The fourth-order valence-corrected chi connectivity index (χ4v) is 4.91. The summed E-state index contributed by atoms with van der Waals surface area (Å²) in [5.74, 6) is 0. The Balaban J connectivity index is 2.14. The summed E-state index contributed by atoms with van der Waals surface area (Å²) < 4.78 is 28.5. The summed E-state index contributed by atoms with van der Waals surface area (Å²) in [4.78, 5) is 0.340. The van der Waals surface area contributed by atoms with E-state index in [-0.39, 0.29) is 6.04 Å². The summed E-state index contributed by atoms with van der Waals surface area (Å²) in [7, 11) is -3.52. The average molecular weight is 366 g/mol. The highest BCUT2D eigenvalue weighted by atomic mass is 79.9. The summed E-state index contributed by atoms with van der Waals surface area (Å²) in [5.41, 5.74) is 1.86. The zero-order valence-electron chi connectivity index (χ0n) is 11.7. The van der Waals surface area contributed by atoms with E-state index in [1.165, 1.54) is 0 Å². The van der Waals surface area contributed by atoms with Gasteiger partial charge in [-0.1, -0.05) is 34.1 Å². The summed E-state index contributed by atoms with van der Waals surface area (Å²) in [6, 6.07) is 14.4. The van der Waals surface area contributed by atoms with Crippen molar-refractivity contribution in [3.05, 3.63) is 58.6 Å². The number of sulfonamides is 1. The lowest BCUT2D eigenvalue weighted by Crippen LogP contribution is -2.42. The molecule has 0 N–H and O–H groups in total. The van der Waals surface area contributed by atoms with Crippen LogP contribution in [0.1, 0.15) is 18.9 Å². The second-order valence-corrected chi connectivity index (χ2v) is 8.01. The van der Waals surface area contributed by atoms with Crippen molar-refractivity contribution < 1.29 is 8.42 Å². The van der Waals surface area contributed by atoms with Crippen LogP contribution in [0.15, 0.2) is 57.9 Å². The van der Waals surface area contributed by atoms with Crippen molar-refractivity contribution in [1.29, 1.82) is 0 Å². The Morgan fingerprint density at radius 3 is 2.57 bits per heavy atom. The van der Waals surface area contributed by atoms with Gasteiger partial charge in [0.2, 0.25) is 0 Å². The summed E-state index contributed by atoms with van der Waals surface area (Å²) >= 11 is 3.45. The molecule has 1 unspecified atom stereocenters. The first-order valence-corrected chi connectivity index (χ1v) is 9.11. The van der Waals surface area contributed by atoms with E-state index in [0.717, 1.165) is 28.6 Å². The predicted molar refractivity (Wildman–Crippen MR) is 88.0 cm³/mol. The first kappa shape index (κ1) is 14.6. The Morgan fingerprint density at radius 1 is 1.14 bits per heavy atom. The first-order valence-electron chi connectivity index (χ1n) is 6.88. The molecule has 21 heavy (non-hydrogen) atoms. The molecule has 0 saturated heterocycles. The van der Waals surface area contributed by atoms with E-state index < -0.39 is 10.0 Å². The molecule has 1 aliphatic heterocycles. The molecule has 0 aliphatic carbocycles. The smallest absolute Gasteiger partial charge is 0.263 e. The third kappa shape index (κ3) is 2.60. The van der Waals surface area contributed by atoms with Gasteiger partial charge in [-0.25, -0.2) is 8.42 Å². The van der Waals surface area contributed by atoms with Gasteiger partial charge in [0.25, 0.3) is 10.0 Å². The van der Waals surface area contributed by atoms with Gasteiger partial charge < -0.3 is 0 Å². The molecular weight excluding hydrogens is 350 g/mol. The lowest BCUT2D eigenvalue weighted by atomic mass is 9.99. The molecule has 1 atom stereocenters. The maximum atomic E-state index is 13.0. The highest BCUT2D eigenvalue weighted by Gasteiger charge is 2.33. The van der Waals surface area contributed by atoms with Gasteiger partial charge in [-0.3, -0.25) is 4.31 Å². The first-order chi connectivity index (χ1) is 10.00. The second-order valence-electron chi connectivity index (χ2n) is 5.27. The molecule has 0 saturated carbocycles. The van der Waals surface area contributed by atoms with Crippen LogP contribution < -0.4 is 4.31 Å². The minimum atomic E-state index is -3.52. The highest BCUT2D eigenvalue weighted by Crippen LogP contribution is 2.36. The number of anilines is 1. The van der Waals surface area contributed by atoms with Crippen molar-refractivity contribution >= 4 is 31.6 Å². The topological polar surface area (TPSA) is 37.4 Å². The van der Waals surface area contributed by atoms with Crippen LogP contribution in [0.5, 0.6) is 0 Å². The Hall–Kier alpha value is -1.33. The van der Waals surface area contributed by atoms with Crippen LogP contribution in [-0.2, 0) is 16.4 Å². The van der Waals surface area contributed by atoms with Crippen molar-refractivity contribution in [3.63, 3.8) is 0 Å². The number of rotatable bonds is 2. The van der Waals surface area contributed by atoms with Crippen LogP contribution in [0.2, 0.25) is 0 Å². The van der Waals surface area contributed by atoms with E-state index in [0.29, 0.717) is 4.90 Å². The number of benzene rings is 2. The maximum absolute atomic E-state index is 13.0. The third-order valence-corrected chi connectivity index (χ3v) is 6.25. The molecule has 2 aromatic carbocycles. The Bertz CT molecular complexity index is 759. The van der Waals surface area contributed by atoms with Gasteiger partial charge in [0.1, 0.15) is 0 Å². The molecular formula is C16H16BrNO2S. The molecule has 0 aromatic heterocycles. The van der Waals surface area contributed by atoms with Gasteiger partial charge in [0.05, 0.1) is 10.6 Å². The van der Waals surface area contributed by atoms with E-state index in [4.69, 9.17) is 0 Å². The number of aryl methyl sites for hydroxylation is 1. The number of hydrogen-bond donors (Lipinski definition) is 0. The Labute approximate surface area is 133 Å². The van der Waals surface area contributed by atoms with Gasteiger partial charge in [-0.15, -0.1) is 0 Å². The van der Waals surface area contributed by atoms with E-state index >= 15 is 0 Å². The SMILES string of the molecule is CC1CCc2cc(Br)ccc2N1S(=O)(=O)c1ccccc1. The van der Waals surface area contributed by atoms with Crippen molar-refractivity contribution in [3.8, 4) is 0 Å². The number of halogens is 1. The molecule has 0 radical (unpaired) electrons. The molecule has 1 aliphatic rings. The van der Waals surface area contributed by atoms with Gasteiger partial charge in [-0.2, -0.15) is 0 Å². The molecule has 110 valence electrons. The van der Waals surface area contributed by atoms with Crippen LogP contribution in [0, 0.1) is 0 Å². The molecule has 0 bridgehead atoms. The standard InChI is InChI=1S/C16H16BrNO2S/c1-12-7-8-13-11-14(17)9-10-16(13)18(12)21(19,20)15-5-3-2-4-6-15/h2-6,9-12H,7-8H2,1H3. The Morgan fingerprint density at radius 2 is 1.86 bits per heavy atom. The quantitative estimate of drug-likeness (QED) is 0.806. The minimum absolute atomic E-state index is 0.0381. The van der Waals surface area contributed by atoms with E-state index in [2.05, 4.69) is 15.9 Å². The van der Waals surface area contributed by atoms with Crippen molar-refractivity contribution in [2.75, 3.05) is 4.31 Å². The monoisotopic (exact) mass is 365 g/mol. The van der Waals surface area contributed by atoms with Crippen LogP contribution in [-0.4, -0.2) is 14.5 Å². The molecule has 0 spiro atoms. The normalized spacial score (nSPS) is 18.4. The third-order valence-electron chi connectivity index (χ3n) is 3.81. The largest absolute Gasteiger partial charge is 0.264 e. The number of fused-ring (bicyclic) bond motifs is 1. The molecule has 1 heterocycles. The molecule has 3 rings (SSSR count). The van der Waals surface area contributed by atoms with Crippen molar-refractivity contribution in [2.24, 2.45) is 0 Å². The average Bonchev–Trinajstić information content (AvgIpc) is 2.48. The predicted octanol–water partition coefficient (Wildman–Crippen LogP) is 3.98. The molecule has 5 heteroatoms. The van der Waals surface area contributed by atoms with Crippen molar-refractivity contribution in [1.82, 2.24) is 0 Å². The molecule has 0 amide bonds. The minimum Gasteiger partial charge on any atom is -0.263 e. The fourth-order valence-electron chi connectivity index (χ4n) is 2.76. The van der Waals surface area contributed by atoms with E-state index in [9.17, 15) is 8.42 Å². The molecule has 0 fully saturated rings. The van der Waals surface area contributed by atoms with E-state index in [1.807, 2.05) is 31.2 Å². The van der Waals surface area contributed by atoms with Crippen LogP contribution in [0.4, 0.5) is 5.69 Å². The van der Waals surface area contributed by atoms with Gasteiger partial charge in [0, 0.05) is 10.5 Å². The molecule has 3 nitrogen and oxygen atoms in total. The lowest BCUT2D eigenvalue weighted by molar-refractivity contribution is 0.563. The summed E-state index contributed by atoms with van der Waals surface area (Å²) in [6.07, 6.45) is 1.73. The van der Waals surface area contributed by atoms with Crippen LogP contribution in [0.25, 0.3) is 0 Å². The number of hydrogen-bond acceptors (Lipinski definition) is 2. The maximum Gasteiger partial charge on any atom is 0.264 e. The lowest BCUT2D eigenvalue weighted by Gasteiger charge is -2.36.